The molecule has 128 valence electrons. The minimum atomic E-state index is -0.463. The summed E-state index contributed by atoms with van der Waals surface area (Å²) in [4.78, 5) is 14.0. The zero-order valence-corrected chi connectivity index (χ0v) is 14.2. The van der Waals surface area contributed by atoms with E-state index in [0.29, 0.717) is 0 Å². The van der Waals surface area contributed by atoms with Crippen LogP contribution in [0, 0.1) is 5.92 Å². The summed E-state index contributed by atoms with van der Waals surface area (Å²) in [5.41, 5.74) is -0.463. The maximum atomic E-state index is 11.8. The van der Waals surface area contributed by atoms with Gasteiger partial charge < -0.3 is 15.0 Å². The van der Waals surface area contributed by atoms with Crippen LogP contribution in [-0.4, -0.2) is 51.0 Å². The standard InChI is InChI=1S/C15H26N6O2/c1-15(2,3)23-14(22)16-12-6-8-20(9-7-12)13-17-18-19-21(13)10-11-4-5-11/h11-12H,4-10H2,1-3H3,(H,16,22). The van der Waals surface area contributed by atoms with Crippen LogP contribution in [0.25, 0.3) is 0 Å². The highest BCUT2D eigenvalue weighted by Crippen LogP contribution is 2.31. The van der Waals surface area contributed by atoms with E-state index in [0.717, 1.165) is 44.3 Å². The van der Waals surface area contributed by atoms with Gasteiger partial charge in [0.25, 0.3) is 0 Å². The molecule has 0 spiro atoms. The number of tetrazole rings is 1. The van der Waals surface area contributed by atoms with Crippen LogP contribution in [-0.2, 0) is 11.3 Å². The molecule has 1 saturated heterocycles. The van der Waals surface area contributed by atoms with Crippen LogP contribution in [0.2, 0.25) is 0 Å². The molecule has 0 atom stereocenters. The predicted octanol–water partition coefficient (Wildman–Crippen LogP) is 1.58. The lowest BCUT2D eigenvalue weighted by Crippen LogP contribution is -2.46. The van der Waals surface area contributed by atoms with Gasteiger partial charge in [-0.2, -0.15) is 0 Å². The van der Waals surface area contributed by atoms with Crippen molar-refractivity contribution in [3.05, 3.63) is 0 Å². The fourth-order valence-corrected chi connectivity index (χ4v) is 2.79. The summed E-state index contributed by atoms with van der Waals surface area (Å²) in [6, 6.07) is 0.147. The van der Waals surface area contributed by atoms with E-state index in [1.807, 2.05) is 25.5 Å². The summed E-state index contributed by atoms with van der Waals surface area (Å²) in [6.07, 6.45) is 3.96. The molecule has 0 unspecified atom stereocenters. The van der Waals surface area contributed by atoms with Crippen molar-refractivity contribution in [3.8, 4) is 0 Å². The first-order valence-electron chi connectivity index (χ1n) is 8.41. The molecule has 1 amide bonds. The molecule has 23 heavy (non-hydrogen) atoms. The molecule has 8 heteroatoms. The number of nitrogens with one attached hydrogen (secondary N) is 1. The van der Waals surface area contributed by atoms with Crippen molar-refractivity contribution in [2.24, 2.45) is 5.92 Å². The molecular weight excluding hydrogens is 296 g/mol. The summed E-state index contributed by atoms with van der Waals surface area (Å²) in [5, 5.41) is 15.0. The Labute approximate surface area is 136 Å². The third-order valence-electron chi connectivity index (χ3n) is 4.14. The van der Waals surface area contributed by atoms with Gasteiger partial charge in [0.2, 0.25) is 5.95 Å². The lowest BCUT2D eigenvalue weighted by atomic mass is 10.1. The van der Waals surface area contributed by atoms with Gasteiger partial charge in [-0.05, 0) is 62.8 Å². The summed E-state index contributed by atoms with van der Waals surface area (Å²) in [5.74, 6) is 1.59. The molecule has 1 aliphatic heterocycles. The number of carbonyl (C=O) groups is 1. The van der Waals surface area contributed by atoms with Gasteiger partial charge in [-0.25, -0.2) is 9.48 Å². The largest absolute Gasteiger partial charge is 0.444 e. The minimum absolute atomic E-state index is 0.147. The van der Waals surface area contributed by atoms with Crippen LogP contribution in [0.4, 0.5) is 10.7 Å². The van der Waals surface area contributed by atoms with Crippen LogP contribution >= 0.6 is 0 Å². The van der Waals surface area contributed by atoms with E-state index in [-0.39, 0.29) is 12.1 Å². The van der Waals surface area contributed by atoms with Crippen LogP contribution in [0.5, 0.6) is 0 Å². The summed E-state index contributed by atoms with van der Waals surface area (Å²) >= 11 is 0. The highest BCUT2D eigenvalue weighted by molar-refractivity contribution is 5.68. The van der Waals surface area contributed by atoms with Gasteiger partial charge >= 0.3 is 6.09 Å². The number of aromatic nitrogens is 4. The first-order chi connectivity index (χ1) is 10.9. The average molecular weight is 322 g/mol. The lowest BCUT2D eigenvalue weighted by molar-refractivity contribution is 0.0497. The fourth-order valence-electron chi connectivity index (χ4n) is 2.79. The van der Waals surface area contributed by atoms with E-state index in [2.05, 4.69) is 25.7 Å². The highest BCUT2D eigenvalue weighted by Gasteiger charge is 2.28. The van der Waals surface area contributed by atoms with Crippen molar-refractivity contribution in [1.82, 2.24) is 25.5 Å². The quantitative estimate of drug-likeness (QED) is 0.906. The molecular formula is C15H26N6O2. The molecule has 1 saturated carbocycles. The number of nitrogens with zero attached hydrogens (tertiary/aromatic N) is 5. The smallest absolute Gasteiger partial charge is 0.407 e. The number of ether oxygens (including phenoxy) is 1. The molecule has 8 nitrogen and oxygen atoms in total. The molecule has 1 aromatic rings. The second kappa shape index (κ2) is 6.33. The lowest BCUT2D eigenvalue weighted by Gasteiger charge is -2.33. The molecule has 2 heterocycles. The third kappa shape index (κ3) is 4.56. The van der Waals surface area contributed by atoms with Gasteiger partial charge in [-0.15, -0.1) is 0 Å². The van der Waals surface area contributed by atoms with E-state index < -0.39 is 5.60 Å². The fraction of sp³-hybridized carbons (Fsp3) is 0.867. The minimum Gasteiger partial charge on any atom is -0.444 e. The van der Waals surface area contributed by atoms with Crippen LogP contribution in [0.15, 0.2) is 0 Å². The Balaban J connectivity index is 1.48. The summed E-state index contributed by atoms with van der Waals surface area (Å²) in [6.45, 7) is 8.20. The van der Waals surface area contributed by atoms with Gasteiger partial charge in [0.15, 0.2) is 0 Å². The molecule has 3 rings (SSSR count). The Morgan fingerprint density at radius 2 is 1.96 bits per heavy atom. The number of carbonyl (C=O) groups excluding carboxylic acids is 1. The van der Waals surface area contributed by atoms with Gasteiger partial charge in [-0.3, -0.25) is 0 Å². The molecule has 1 N–H and O–H groups in total. The topological polar surface area (TPSA) is 85.2 Å². The Morgan fingerprint density at radius 1 is 1.26 bits per heavy atom. The van der Waals surface area contributed by atoms with Crippen molar-refractivity contribution in [2.75, 3.05) is 18.0 Å². The molecule has 1 aliphatic carbocycles. The van der Waals surface area contributed by atoms with Gasteiger partial charge in [-0.1, -0.05) is 5.10 Å². The average Bonchev–Trinajstić information content (AvgIpc) is 3.14. The molecule has 1 aromatic heterocycles. The number of amides is 1. The maximum Gasteiger partial charge on any atom is 0.407 e. The Kier molecular flexibility index (Phi) is 4.41. The third-order valence-corrected chi connectivity index (χ3v) is 4.14. The number of hydrogen-bond acceptors (Lipinski definition) is 6. The number of alkyl carbamates (subject to hydrolysis) is 1. The number of hydrogen-bond donors (Lipinski definition) is 1. The molecule has 2 aliphatic rings. The van der Waals surface area contributed by atoms with E-state index in [1.165, 1.54) is 12.8 Å². The normalized spacial score (nSPS) is 19.7. The number of piperidine rings is 1. The van der Waals surface area contributed by atoms with Crippen molar-refractivity contribution >= 4 is 12.0 Å². The zero-order chi connectivity index (χ0) is 16.4. The van der Waals surface area contributed by atoms with Crippen LogP contribution < -0.4 is 10.2 Å². The van der Waals surface area contributed by atoms with Crippen molar-refractivity contribution in [2.45, 2.75) is 64.6 Å². The van der Waals surface area contributed by atoms with E-state index in [1.54, 1.807) is 0 Å². The number of rotatable bonds is 4. The Morgan fingerprint density at radius 3 is 2.57 bits per heavy atom. The zero-order valence-electron chi connectivity index (χ0n) is 14.2. The molecule has 0 aromatic carbocycles. The summed E-state index contributed by atoms with van der Waals surface area (Å²) < 4.78 is 7.23. The second-order valence-electron chi connectivity index (χ2n) is 7.51. The molecule has 2 fully saturated rings. The Bertz CT molecular complexity index is 540. The highest BCUT2D eigenvalue weighted by atomic mass is 16.6. The van der Waals surface area contributed by atoms with Gasteiger partial charge in [0.05, 0.1) is 0 Å². The maximum absolute atomic E-state index is 11.8. The summed E-state index contributed by atoms with van der Waals surface area (Å²) in [7, 11) is 0. The first-order valence-corrected chi connectivity index (χ1v) is 8.41. The second-order valence-corrected chi connectivity index (χ2v) is 7.51. The first kappa shape index (κ1) is 16.0. The SMILES string of the molecule is CC(C)(C)OC(=O)NC1CCN(c2nnnn2CC2CC2)CC1. The van der Waals surface area contributed by atoms with Crippen molar-refractivity contribution in [1.29, 1.82) is 0 Å². The van der Waals surface area contributed by atoms with Gasteiger partial charge in [0.1, 0.15) is 5.60 Å². The van der Waals surface area contributed by atoms with Crippen LogP contribution in [0.3, 0.4) is 0 Å². The van der Waals surface area contributed by atoms with Crippen molar-refractivity contribution in [3.63, 3.8) is 0 Å². The van der Waals surface area contributed by atoms with E-state index in [9.17, 15) is 4.79 Å². The van der Waals surface area contributed by atoms with E-state index in [4.69, 9.17) is 4.74 Å². The monoisotopic (exact) mass is 322 g/mol. The molecule has 0 bridgehead atoms. The van der Waals surface area contributed by atoms with Crippen molar-refractivity contribution < 1.29 is 9.53 Å². The van der Waals surface area contributed by atoms with E-state index >= 15 is 0 Å². The predicted molar refractivity (Wildman–Crippen MR) is 85.1 cm³/mol. The van der Waals surface area contributed by atoms with Gasteiger partial charge in [0, 0.05) is 25.7 Å². The molecule has 0 radical (unpaired) electrons. The Hall–Kier alpha value is -1.86. The van der Waals surface area contributed by atoms with Crippen LogP contribution in [0.1, 0.15) is 46.5 Å². The number of anilines is 1.